The van der Waals surface area contributed by atoms with Gasteiger partial charge in [0.2, 0.25) is 0 Å². The van der Waals surface area contributed by atoms with E-state index in [1.165, 1.54) is 0 Å². The molecule has 1 aromatic rings. The molecule has 3 heterocycles. The summed E-state index contributed by atoms with van der Waals surface area (Å²) in [6.45, 7) is 1.61. The molecule has 3 rings (SSSR count). The highest BCUT2D eigenvalue weighted by Crippen LogP contribution is 2.20. The standard InChI is InChI=1S/C11H13NO3/c13-11-10(4-9-6-15-9)7(1-2-12-11)3-8-5-14-8/h1-2,8-9H,3-6H2,(H,12,13). The summed E-state index contributed by atoms with van der Waals surface area (Å²) in [5.41, 5.74) is 2.00. The molecule has 80 valence electrons. The number of epoxide rings is 2. The minimum atomic E-state index is 0.0173. The van der Waals surface area contributed by atoms with Crippen LogP contribution in [0.1, 0.15) is 11.1 Å². The van der Waals surface area contributed by atoms with E-state index in [0.717, 1.165) is 37.2 Å². The molecule has 15 heavy (non-hydrogen) atoms. The van der Waals surface area contributed by atoms with Crippen LogP contribution in [0, 0.1) is 0 Å². The molecule has 0 aromatic carbocycles. The Kier molecular flexibility index (Phi) is 2.11. The summed E-state index contributed by atoms with van der Waals surface area (Å²) in [6, 6.07) is 1.97. The van der Waals surface area contributed by atoms with E-state index in [2.05, 4.69) is 4.98 Å². The number of nitrogens with one attached hydrogen (secondary N) is 1. The molecular formula is C11H13NO3. The maximum absolute atomic E-state index is 11.7. The molecule has 4 nitrogen and oxygen atoms in total. The average molecular weight is 207 g/mol. The third-order valence-electron chi connectivity index (χ3n) is 2.84. The van der Waals surface area contributed by atoms with Crippen LogP contribution < -0.4 is 5.56 Å². The van der Waals surface area contributed by atoms with Gasteiger partial charge in [-0.1, -0.05) is 0 Å². The number of ether oxygens (including phenoxy) is 2. The minimum absolute atomic E-state index is 0.0173. The number of pyridine rings is 1. The zero-order chi connectivity index (χ0) is 10.3. The second-order valence-corrected chi connectivity index (χ2v) is 4.13. The quantitative estimate of drug-likeness (QED) is 0.720. The maximum atomic E-state index is 11.7. The molecule has 2 unspecified atom stereocenters. The van der Waals surface area contributed by atoms with Gasteiger partial charge in [0.15, 0.2) is 0 Å². The Morgan fingerprint density at radius 3 is 2.60 bits per heavy atom. The van der Waals surface area contributed by atoms with Crippen molar-refractivity contribution in [2.75, 3.05) is 13.2 Å². The number of aromatic amines is 1. The number of rotatable bonds is 4. The average Bonchev–Trinajstić information content (AvgIpc) is 3.06. The number of hydrogen-bond donors (Lipinski definition) is 1. The van der Waals surface area contributed by atoms with Gasteiger partial charge in [0.1, 0.15) is 0 Å². The van der Waals surface area contributed by atoms with Crippen LogP contribution in [0.5, 0.6) is 0 Å². The lowest BCUT2D eigenvalue weighted by Gasteiger charge is -2.05. The van der Waals surface area contributed by atoms with Crippen molar-refractivity contribution in [3.8, 4) is 0 Å². The molecule has 0 saturated carbocycles. The van der Waals surface area contributed by atoms with Crippen LogP contribution in [0.25, 0.3) is 0 Å². The number of H-pyrrole nitrogens is 1. The monoisotopic (exact) mass is 207 g/mol. The van der Waals surface area contributed by atoms with Crippen LogP contribution in [0.2, 0.25) is 0 Å². The highest BCUT2D eigenvalue weighted by atomic mass is 16.6. The van der Waals surface area contributed by atoms with Gasteiger partial charge in [-0.3, -0.25) is 4.79 Å². The van der Waals surface area contributed by atoms with Gasteiger partial charge < -0.3 is 14.5 Å². The van der Waals surface area contributed by atoms with Gasteiger partial charge in [-0.05, 0) is 11.6 Å². The van der Waals surface area contributed by atoms with Crippen molar-refractivity contribution in [2.24, 2.45) is 0 Å². The van der Waals surface area contributed by atoms with Crippen molar-refractivity contribution in [2.45, 2.75) is 25.0 Å². The molecule has 0 spiro atoms. The van der Waals surface area contributed by atoms with Gasteiger partial charge in [0, 0.05) is 24.6 Å². The van der Waals surface area contributed by atoms with Crippen LogP contribution >= 0.6 is 0 Å². The van der Waals surface area contributed by atoms with E-state index in [1.807, 2.05) is 6.07 Å². The zero-order valence-electron chi connectivity index (χ0n) is 8.36. The minimum Gasteiger partial charge on any atom is -0.373 e. The fourth-order valence-electron chi connectivity index (χ4n) is 1.81. The molecule has 0 bridgehead atoms. The van der Waals surface area contributed by atoms with Crippen molar-refractivity contribution < 1.29 is 9.47 Å². The maximum Gasteiger partial charge on any atom is 0.251 e. The summed E-state index contributed by atoms with van der Waals surface area (Å²) in [5, 5.41) is 0. The summed E-state index contributed by atoms with van der Waals surface area (Å²) in [7, 11) is 0. The highest BCUT2D eigenvalue weighted by molar-refractivity contribution is 5.26. The summed E-state index contributed by atoms with van der Waals surface area (Å²) < 4.78 is 10.3. The summed E-state index contributed by atoms with van der Waals surface area (Å²) >= 11 is 0. The first-order chi connectivity index (χ1) is 7.33. The smallest absolute Gasteiger partial charge is 0.251 e. The van der Waals surface area contributed by atoms with Crippen LogP contribution in [-0.4, -0.2) is 30.4 Å². The van der Waals surface area contributed by atoms with E-state index in [4.69, 9.17) is 9.47 Å². The van der Waals surface area contributed by atoms with Crippen molar-refractivity contribution in [1.82, 2.24) is 4.98 Å². The first-order valence-corrected chi connectivity index (χ1v) is 5.25. The SMILES string of the molecule is O=c1[nH]ccc(CC2CO2)c1CC1CO1. The molecule has 4 heteroatoms. The molecule has 0 amide bonds. The fourth-order valence-corrected chi connectivity index (χ4v) is 1.81. The Bertz CT molecular complexity index is 418. The lowest BCUT2D eigenvalue weighted by molar-refractivity contribution is 0.401. The van der Waals surface area contributed by atoms with Gasteiger partial charge in [0.25, 0.3) is 5.56 Å². The Morgan fingerprint density at radius 2 is 1.93 bits per heavy atom. The van der Waals surface area contributed by atoms with Crippen LogP contribution in [-0.2, 0) is 22.3 Å². The summed E-state index contributed by atoms with van der Waals surface area (Å²) in [4.78, 5) is 14.4. The number of aromatic nitrogens is 1. The van der Waals surface area contributed by atoms with E-state index in [0.29, 0.717) is 6.10 Å². The van der Waals surface area contributed by atoms with E-state index >= 15 is 0 Å². The molecular weight excluding hydrogens is 194 g/mol. The lowest BCUT2D eigenvalue weighted by atomic mass is 10.0. The molecule has 0 radical (unpaired) electrons. The predicted octanol–water partition coefficient (Wildman–Crippen LogP) is 0.257. The molecule has 2 saturated heterocycles. The van der Waals surface area contributed by atoms with Crippen LogP contribution in [0.15, 0.2) is 17.1 Å². The summed E-state index contributed by atoms with van der Waals surface area (Å²) in [5.74, 6) is 0. The van der Waals surface area contributed by atoms with E-state index in [9.17, 15) is 4.79 Å². The Morgan fingerprint density at radius 1 is 1.27 bits per heavy atom. The van der Waals surface area contributed by atoms with Gasteiger partial charge in [-0.15, -0.1) is 0 Å². The molecule has 2 fully saturated rings. The van der Waals surface area contributed by atoms with E-state index in [-0.39, 0.29) is 11.7 Å². The lowest BCUT2D eigenvalue weighted by Crippen LogP contribution is -2.17. The van der Waals surface area contributed by atoms with Gasteiger partial charge in [-0.2, -0.15) is 0 Å². The Hall–Kier alpha value is -1.13. The van der Waals surface area contributed by atoms with Crippen LogP contribution in [0.4, 0.5) is 0 Å². The third kappa shape index (κ3) is 2.11. The van der Waals surface area contributed by atoms with Crippen molar-refractivity contribution >= 4 is 0 Å². The molecule has 2 aliphatic rings. The van der Waals surface area contributed by atoms with Crippen molar-refractivity contribution in [3.63, 3.8) is 0 Å². The van der Waals surface area contributed by atoms with Crippen LogP contribution in [0.3, 0.4) is 0 Å². The number of hydrogen-bond acceptors (Lipinski definition) is 3. The molecule has 2 aliphatic heterocycles. The second kappa shape index (κ2) is 3.47. The summed E-state index contributed by atoms with van der Waals surface area (Å²) in [6.07, 6.45) is 3.87. The molecule has 0 aliphatic carbocycles. The molecule has 2 atom stereocenters. The molecule has 1 aromatic heterocycles. The highest BCUT2D eigenvalue weighted by Gasteiger charge is 2.28. The van der Waals surface area contributed by atoms with E-state index < -0.39 is 0 Å². The first kappa shape index (κ1) is 9.12. The van der Waals surface area contributed by atoms with Crippen molar-refractivity contribution in [1.29, 1.82) is 0 Å². The fraction of sp³-hybridized carbons (Fsp3) is 0.545. The van der Waals surface area contributed by atoms with Gasteiger partial charge in [-0.25, -0.2) is 0 Å². The Labute approximate surface area is 87.2 Å². The normalized spacial score (nSPS) is 27.7. The topological polar surface area (TPSA) is 57.9 Å². The Balaban J connectivity index is 1.87. The van der Waals surface area contributed by atoms with E-state index in [1.54, 1.807) is 6.20 Å². The first-order valence-electron chi connectivity index (χ1n) is 5.25. The zero-order valence-corrected chi connectivity index (χ0v) is 8.36. The van der Waals surface area contributed by atoms with Gasteiger partial charge in [0.05, 0.1) is 25.4 Å². The van der Waals surface area contributed by atoms with Gasteiger partial charge >= 0.3 is 0 Å². The largest absolute Gasteiger partial charge is 0.373 e. The molecule has 1 N–H and O–H groups in total. The van der Waals surface area contributed by atoms with Crippen molar-refractivity contribution in [3.05, 3.63) is 33.7 Å². The predicted molar refractivity (Wildman–Crippen MR) is 54.0 cm³/mol. The third-order valence-corrected chi connectivity index (χ3v) is 2.84. The second-order valence-electron chi connectivity index (χ2n) is 4.13.